The molecule has 1 N–H and O–H groups in total. The summed E-state index contributed by atoms with van der Waals surface area (Å²) in [5.41, 5.74) is 4.54. The molecule has 0 spiro atoms. The average molecular weight is 280 g/mol. The lowest BCUT2D eigenvalue weighted by molar-refractivity contribution is 1.02. The van der Waals surface area contributed by atoms with Crippen LogP contribution in [-0.4, -0.2) is 4.98 Å². The smallest absolute Gasteiger partial charge is 0.0597 e. The molecule has 0 bridgehead atoms. The second-order valence-corrected chi connectivity index (χ2v) is 5.57. The predicted octanol–water partition coefficient (Wildman–Crippen LogP) is 4.73. The normalized spacial score (nSPS) is 10.4. The van der Waals surface area contributed by atoms with E-state index in [9.17, 15) is 0 Å². The Labute approximate surface area is 123 Å². The quantitative estimate of drug-likeness (QED) is 0.747. The molecule has 100 valence electrons. The second-order valence-electron chi connectivity index (χ2n) is 4.65. The van der Waals surface area contributed by atoms with Crippen LogP contribution >= 0.6 is 11.3 Å². The van der Waals surface area contributed by atoms with E-state index in [2.05, 4.69) is 52.1 Å². The van der Waals surface area contributed by atoms with Gasteiger partial charge in [0, 0.05) is 5.69 Å². The Bertz CT molecular complexity index is 689. The number of thiophene rings is 1. The molecular weight excluding hydrogens is 264 g/mol. The summed E-state index contributed by atoms with van der Waals surface area (Å²) in [6.07, 6.45) is 0. The Morgan fingerprint density at radius 1 is 1.00 bits per heavy atom. The Kier molecular flexibility index (Phi) is 3.79. The maximum atomic E-state index is 4.52. The highest BCUT2D eigenvalue weighted by molar-refractivity contribution is 7.14. The van der Waals surface area contributed by atoms with E-state index in [1.807, 2.05) is 25.1 Å². The number of pyridine rings is 1. The van der Waals surface area contributed by atoms with Crippen LogP contribution in [0.1, 0.15) is 11.4 Å². The minimum atomic E-state index is 0.748. The summed E-state index contributed by atoms with van der Waals surface area (Å²) < 4.78 is 0. The fourth-order valence-corrected chi connectivity index (χ4v) is 3.02. The first-order valence-electron chi connectivity index (χ1n) is 6.62. The first-order chi connectivity index (χ1) is 9.83. The molecule has 1 aromatic carbocycles. The molecule has 2 heterocycles. The minimum absolute atomic E-state index is 0.748. The molecular formula is C17H16N2S. The summed E-state index contributed by atoms with van der Waals surface area (Å²) in [5.74, 6) is 0. The van der Waals surface area contributed by atoms with Crippen molar-refractivity contribution < 1.29 is 0 Å². The van der Waals surface area contributed by atoms with Crippen LogP contribution in [0.15, 0.2) is 60.0 Å². The third kappa shape index (κ3) is 2.89. The number of nitrogens with one attached hydrogen (secondary N) is 1. The number of anilines is 1. The first kappa shape index (κ1) is 12.9. The van der Waals surface area contributed by atoms with Gasteiger partial charge in [-0.15, -0.1) is 11.3 Å². The molecule has 2 nitrogen and oxygen atoms in total. The number of aryl methyl sites for hydroxylation is 1. The molecule has 2 aromatic heterocycles. The van der Waals surface area contributed by atoms with Gasteiger partial charge in [-0.05, 0) is 36.1 Å². The van der Waals surface area contributed by atoms with Gasteiger partial charge in [0.1, 0.15) is 0 Å². The Morgan fingerprint density at radius 3 is 2.65 bits per heavy atom. The number of nitrogens with zero attached hydrogens (tertiary/aromatic N) is 1. The van der Waals surface area contributed by atoms with Crippen molar-refractivity contribution in [3.8, 4) is 10.4 Å². The fourth-order valence-electron chi connectivity index (χ4n) is 2.15. The number of aromatic nitrogens is 1. The zero-order chi connectivity index (χ0) is 13.8. The molecule has 0 aliphatic rings. The number of rotatable bonds is 4. The summed E-state index contributed by atoms with van der Waals surface area (Å²) in [4.78, 5) is 5.79. The molecule has 20 heavy (non-hydrogen) atoms. The van der Waals surface area contributed by atoms with E-state index in [0.717, 1.165) is 17.9 Å². The van der Waals surface area contributed by atoms with Gasteiger partial charge in [-0.3, -0.25) is 4.98 Å². The molecule has 0 aliphatic heterocycles. The van der Waals surface area contributed by atoms with Gasteiger partial charge in [0.05, 0.1) is 22.8 Å². The van der Waals surface area contributed by atoms with Gasteiger partial charge in [0.25, 0.3) is 0 Å². The summed E-state index contributed by atoms with van der Waals surface area (Å²) in [6, 6.07) is 18.7. The van der Waals surface area contributed by atoms with Gasteiger partial charge in [-0.25, -0.2) is 0 Å². The van der Waals surface area contributed by atoms with Crippen LogP contribution in [0.4, 0.5) is 5.69 Å². The average Bonchev–Trinajstić information content (AvgIpc) is 2.95. The van der Waals surface area contributed by atoms with Crippen molar-refractivity contribution in [1.29, 1.82) is 0 Å². The maximum Gasteiger partial charge on any atom is 0.0597 e. The maximum absolute atomic E-state index is 4.52. The zero-order valence-electron chi connectivity index (χ0n) is 11.3. The van der Waals surface area contributed by atoms with Crippen molar-refractivity contribution in [2.75, 3.05) is 5.32 Å². The third-order valence-electron chi connectivity index (χ3n) is 3.11. The van der Waals surface area contributed by atoms with E-state index >= 15 is 0 Å². The standard InChI is InChI=1S/C17H16N2S/c1-13-6-5-9-15(19-13)12-18-16-10-11-20-17(16)14-7-3-2-4-8-14/h2-11,18H,12H2,1H3. The van der Waals surface area contributed by atoms with Gasteiger partial charge in [-0.2, -0.15) is 0 Å². The van der Waals surface area contributed by atoms with Crippen LogP contribution in [0.5, 0.6) is 0 Å². The third-order valence-corrected chi connectivity index (χ3v) is 4.07. The Hall–Kier alpha value is -2.13. The van der Waals surface area contributed by atoms with E-state index < -0.39 is 0 Å². The second kappa shape index (κ2) is 5.88. The van der Waals surface area contributed by atoms with Crippen LogP contribution in [0, 0.1) is 6.92 Å². The summed E-state index contributed by atoms with van der Waals surface area (Å²) in [7, 11) is 0. The van der Waals surface area contributed by atoms with Crippen LogP contribution in [0.3, 0.4) is 0 Å². The van der Waals surface area contributed by atoms with Gasteiger partial charge in [0.2, 0.25) is 0 Å². The van der Waals surface area contributed by atoms with E-state index in [0.29, 0.717) is 0 Å². The molecule has 0 unspecified atom stereocenters. The van der Waals surface area contributed by atoms with Crippen molar-refractivity contribution in [2.45, 2.75) is 13.5 Å². The van der Waals surface area contributed by atoms with Crippen molar-refractivity contribution in [3.63, 3.8) is 0 Å². The van der Waals surface area contributed by atoms with Gasteiger partial charge >= 0.3 is 0 Å². The Balaban J connectivity index is 1.78. The van der Waals surface area contributed by atoms with Gasteiger partial charge < -0.3 is 5.32 Å². The van der Waals surface area contributed by atoms with Crippen molar-refractivity contribution >= 4 is 17.0 Å². The van der Waals surface area contributed by atoms with E-state index in [1.54, 1.807) is 11.3 Å². The Morgan fingerprint density at radius 2 is 1.85 bits per heavy atom. The first-order valence-corrected chi connectivity index (χ1v) is 7.50. The van der Waals surface area contributed by atoms with Crippen LogP contribution in [-0.2, 0) is 6.54 Å². The van der Waals surface area contributed by atoms with Crippen molar-refractivity contribution in [1.82, 2.24) is 4.98 Å². The lowest BCUT2D eigenvalue weighted by Gasteiger charge is -2.08. The van der Waals surface area contributed by atoms with Crippen LogP contribution in [0.25, 0.3) is 10.4 Å². The largest absolute Gasteiger partial charge is 0.378 e. The van der Waals surface area contributed by atoms with Crippen molar-refractivity contribution in [3.05, 3.63) is 71.4 Å². The lowest BCUT2D eigenvalue weighted by Crippen LogP contribution is -2.02. The molecule has 0 saturated heterocycles. The van der Waals surface area contributed by atoms with E-state index in [1.165, 1.54) is 16.1 Å². The summed E-state index contributed by atoms with van der Waals surface area (Å²) in [6.45, 7) is 2.77. The number of benzene rings is 1. The predicted molar refractivity (Wildman–Crippen MR) is 86.1 cm³/mol. The topological polar surface area (TPSA) is 24.9 Å². The van der Waals surface area contributed by atoms with Gasteiger partial charge in [-0.1, -0.05) is 36.4 Å². The van der Waals surface area contributed by atoms with Crippen LogP contribution in [0.2, 0.25) is 0 Å². The highest BCUT2D eigenvalue weighted by Gasteiger charge is 2.06. The van der Waals surface area contributed by atoms with Crippen LogP contribution < -0.4 is 5.32 Å². The SMILES string of the molecule is Cc1cccc(CNc2ccsc2-c2ccccc2)n1. The highest BCUT2D eigenvalue weighted by atomic mass is 32.1. The van der Waals surface area contributed by atoms with E-state index in [-0.39, 0.29) is 0 Å². The zero-order valence-corrected chi connectivity index (χ0v) is 12.2. The number of hydrogen-bond acceptors (Lipinski definition) is 3. The molecule has 0 amide bonds. The molecule has 0 atom stereocenters. The van der Waals surface area contributed by atoms with E-state index in [4.69, 9.17) is 0 Å². The molecule has 0 fully saturated rings. The molecule has 0 aliphatic carbocycles. The molecule has 0 saturated carbocycles. The monoisotopic (exact) mass is 280 g/mol. The summed E-state index contributed by atoms with van der Waals surface area (Å²) >= 11 is 1.76. The summed E-state index contributed by atoms with van der Waals surface area (Å²) in [5, 5.41) is 5.60. The minimum Gasteiger partial charge on any atom is -0.378 e. The number of hydrogen-bond donors (Lipinski definition) is 1. The molecule has 3 heteroatoms. The molecule has 3 rings (SSSR count). The molecule has 0 radical (unpaired) electrons. The van der Waals surface area contributed by atoms with Crippen molar-refractivity contribution in [2.24, 2.45) is 0 Å². The molecule has 3 aromatic rings. The highest BCUT2D eigenvalue weighted by Crippen LogP contribution is 2.33. The van der Waals surface area contributed by atoms with Gasteiger partial charge in [0.15, 0.2) is 0 Å². The lowest BCUT2D eigenvalue weighted by atomic mass is 10.1. The fraction of sp³-hybridized carbons (Fsp3) is 0.118.